The van der Waals surface area contributed by atoms with Gasteiger partial charge in [0.2, 0.25) is 0 Å². The van der Waals surface area contributed by atoms with E-state index in [2.05, 4.69) is 28.9 Å². The molecule has 2 aliphatic rings. The van der Waals surface area contributed by atoms with E-state index in [0.717, 1.165) is 12.0 Å². The summed E-state index contributed by atoms with van der Waals surface area (Å²) < 4.78 is 0. The second-order valence-corrected chi connectivity index (χ2v) is 6.09. The van der Waals surface area contributed by atoms with Crippen molar-refractivity contribution >= 4 is 24.2 Å². The van der Waals surface area contributed by atoms with Crippen LogP contribution in [0.3, 0.4) is 0 Å². The molecule has 2 nitrogen and oxygen atoms in total. The van der Waals surface area contributed by atoms with Gasteiger partial charge in [0, 0.05) is 24.1 Å². The maximum atomic E-state index is 3.44. The molecule has 16 heavy (non-hydrogen) atoms. The van der Waals surface area contributed by atoms with Gasteiger partial charge in [-0.2, -0.15) is 11.8 Å². The summed E-state index contributed by atoms with van der Waals surface area (Å²) in [5.41, 5.74) is 0. The van der Waals surface area contributed by atoms with Crippen LogP contribution in [0.15, 0.2) is 0 Å². The molecular formula is C12H25ClN2S. The Labute approximate surface area is 110 Å². The third kappa shape index (κ3) is 4.44. The predicted molar refractivity (Wildman–Crippen MR) is 75.8 cm³/mol. The molecule has 0 bridgehead atoms. The van der Waals surface area contributed by atoms with Gasteiger partial charge in [0.1, 0.15) is 0 Å². The fraction of sp³-hybridized carbons (Fsp3) is 1.00. The average Bonchev–Trinajstić information content (AvgIpc) is 2.29. The van der Waals surface area contributed by atoms with Gasteiger partial charge in [0.05, 0.1) is 0 Å². The lowest BCUT2D eigenvalue weighted by atomic mass is 9.94. The van der Waals surface area contributed by atoms with Gasteiger partial charge in [-0.15, -0.1) is 12.4 Å². The topological polar surface area (TPSA) is 15.3 Å². The molecule has 1 atom stereocenters. The molecule has 2 saturated heterocycles. The first-order valence-corrected chi connectivity index (χ1v) is 7.54. The Morgan fingerprint density at radius 2 is 2.06 bits per heavy atom. The highest BCUT2D eigenvalue weighted by Crippen LogP contribution is 2.20. The summed E-state index contributed by atoms with van der Waals surface area (Å²) in [7, 11) is 0. The van der Waals surface area contributed by atoms with Crippen LogP contribution >= 0.6 is 24.2 Å². The van der Waals surface area contributed by atoms with Crippen molar-refractivity contribution in [2.75, 3.05) is 37.7 Å². The van der Waals surface area contributed by atoms with Crippen molar-refractivity contribution in [3.8, 4) is 0 Å². The lowest BCUT2D eigenvalue weighted by Crippen LogP contribution is -2.41. The largest absolute Gasteiger partial charge is 0.317 e. The summed E-state index contributed by atoms with van der Waals surface area (Å²) in [5, 5.41) is 3.44. The molecule has 0 aromatic carbocycles. The second-order valence-electron chi connectivity index (χ2n) is 4.94. The Kier molecular flexibility index (Phi) is 7.13. The average molecular weight is 265 g/mol. The number of nitrogens with zero attached hydrogens (tertiary/aromatic N) is 1. The summed E-state index contributed by atoms with van der Waals surface area (Å²) in [6.07, 6.45) is 4.23. The molecule has 0 radical (unpaired) electrons. The molecule has 0 saturated carbocycles. The number of hydrogen-bond donors (Lipinski definition) is 1. The third-order valence-electron chi connectivity index (χ3n) is 3.79. The lowest BCUT2D eigenvalue weighted by molar-refractivity contribution is 0.204. The van der Waals surface area contributed by atoms with Crippen LogP contribution < -0.4 is 5.32 Å². The maximum Gasteiger partial charge on any atom is 0.0158 e. The fourth-order valence-corrected chi connectivity index (χ4v) is 3.69. The highest BCUT2D eigenvalue weighted by atomic mass is 35.5. The van der Waals surface area contributed by atoms with Crippen molar-refractivity contribution in [2.24, 2.45) is 5.92 Å². The van der Waals surface area contributed by atoms with Crippen LogP contribution in [0.1, 0.15) is 26.2 Å². The van der Waals surface area contributed by atoms with Crippen LogP contribution in [0.2, 0.25) is 0 Å². The van der Waals surface area contributed by atoms with Crippen molar-refractivity contribution in [3.05, 3.63) is 0 Å². The summed E-state index contributed by atoms with van der Waals surface area (Å²) in [5.74, 6) is 3.68. The molecule has 0 aromatic heterocycles. The van der Waals surface area contributed by atoms with Crippen LogP contribution in [0.5, 0.6) is 0 Å². The highest BCUT2D eigenvalue weighted by Gasteiger charge is 2.20. The standard InChI is InChI=1S/C12H24N2S.ClH/c1-11-10-15-9-8-14(11)7-4-12-2-5-13-6-3-12;/h11-13H,2-10H2,1H3;1H. The van der Waals surface area contributed by atoms with Gasteiger partial charge in [0.25, 0.3) is 0 Å². The molecule has 1 N–H and O–H groups in total. The molecule has 0 aromatic rings. The van der Waals surface area contributed by atoms with Gasteiger partial charge in [-0.25, -0.2) is 0 Å². The Morgan fingerprint density at radius 1 is 1.31 bits per heavy atom. The number of thioether (sulfide) groups is 1. The quantitative estimate of drug-likeness (QED) is 0.842. The summed E-state index contributed by atoms with van der Waals surface area (Å²) >= 11 is 2.12. The fourth-order valence-electron chi connectivity index (χ4n) is 2.61. The van der Waals surface area contributed by atoms with Crippen molar-refractivity contribution in [2.45, 2.75) is 32.2 Å². The Morgan fingerprint density at radius 3 is 2.75 bits per heavy atom. The number of hydrogen-bond acceptors (Lipinski definition) is 3. The van der Waals surface area contributed by atoms with Gasteiger partial charge >= 0.3 is 0 Å². The Bertz CT molecular complexity index is 186. The zero-order valence-electron chi connectivity index (χ0n) is 10.3. The van der Waals surface area contributed by atoms with E-state index in [0.29, 0.717) is 0 Å². The first-order valence-electron chi connectivity index (χ1n) is 6.39. The van der Waals surface area contributed by atoms with Gasteiger partial charge < -0.3 is 5.32 Å². The zero-order chi connectivity index (χ0) is 10.5. The molecule has 2 aliphatic heterocycles. The van der Waals surface area contributed by atoms with Crippen molar-refractivity contribution in [3.63, 3.8) is 0 Å². The van der Waals surface area contributed by atoms with Gasteiger partial charge in [-0.3, -0.25) is 4.90 Å². The van der Waals surface area contributed by atoms with Crippen LogP contribution in [0.4, 0.5) is 0 Å². The van der Waals surface area contributed by atoms with Gasteiger partial charge in [-0.1, -0.05) is 0 Å². The maximum absolute atomic E-state index is 3.44. The third-order valence-corrected chi connectivity index (χ3v) is 4.98. The minimum Gasteiger partial charge on any atom is -0.317 e. The van der Waals surface area contributed by atoms with E-state index in [9.17, 15) is 0 Å². The molecule has 0 spiro atoms. The molecule has 96 valence electrons. The lowest BCUT2D eigenvalue weighted by Gasteiger charge is -2.34. The van der Waals surface area contributed by atoms with E-state index in [1.807, 2.05) is 0 Å². The molecule has 4 heteroatoms. The first-order chi connectivity index (χ1) is 7.36. The van der Waals surface area contributed by atoms with E-state index in [1.54, 1.807) is 0 Å². The van der Waals surface area contributed by atoms with Crippen molar-refractivity contribution in [1.29, 1.82) is 0 Å². The molecule has 0 amide bonds. The van der Waals surface area contributed by atoms with Crippen LogP contribution in [0.25, 0.3) is 0 Å². The molecular weight excluding hydrogens is 240 g/mol. The summed E-state index contributed by atoms with van der Waals surface area (Å²) in [4.78, 5) is 2.69. The van der Waals surface area contributed by atoms with E-state index in [4.69, 9.17) is 0 Å². The molecule has 1 unspecified atom stereocenters. The zero-order valence-corrected chi connectivity index (χ0v) is 11.9. The molecule has 2 rings (SSSR count). The number of halogens is 1. The van der Waals surface area contributed by atoms with E-state index in [-0.39, 0.29) is 12.4 Å². The van der Waals surface area contributed by atoms with Crippen LogP contribution in [-0.4, -0.2) is 48.6 Å². The minimum atomic E-state index is 0. The van der Waals surface area contributed by atoms with Gasteiger partial charge in [0.15, 0.2) is 0 Å². The van der Waals surface area contributed by atoms with E-state index >= 15 is 0 Å². The molecule has 2 heterocycles. The normalized spacial score (nSPS) is 28.7. The number of nitrogens with one attached hydrogen (secondary N) is 1. The molecule has 0 aliphatic carbocycles. The van der Waals surface area contributed by atoms with Crippen molar-refractivity contribution < 1.29 is 0 Å². The Balaban J connectivity index is 0.00000128. The monoisotopic (exact) mass is 264 g/mol. The number of piperidine rings is 1. The molecule has 2 fully saturated rings. The summed E-state index contributed by atoms with van der Waals surface area (Å²) in [6, 6.07) is 0.811. The smallest absolute Gasteiger partial charge is 0.0158 e. The SMILES string of the molecule is CC1CSCCN1CCC1CCNCC1.Cl. The minimum absolute atomic E-state index is 0. The van der Waals surface area contributed by atoms with E-state index < -0.39 is 0 Å². The Hall–Kier alpha value is 0.560. The van der Waals surface area contributed by atoms with Crippen LogP contribution in [0, 0.1) is 5.92 Å². The summed E-state index contributed by atoms with van der Waals surface area (Å²) in [6.45, 7) is 7.53. The van der Waals surface area contributed by atoms with Crippen molar-refractivity contribution in [1.82, 2.24) is 10.2 Å². The number of rotatable bonds is 3. The first kappa shape index (κ1) is 14.6. The van der Waals surface area contributed by atoms with Gasteiger partial charge in [-0.05, 0) is 51.7 Å². The van der Waals surface area contributed by atoms with Crippen LogP contribution in [-0.2, 0) is 0 Å². The highest BCUT2D eigenvalue weighted by molar-refractivity contribution is 7.99. The predicted octanol–water partition coefficient (Wildman–Crippen LogP) is 2.24. The van der Waals surface area contributed by atoms with E-state index in [1.165, 1.54) is 56.9 Å². The second kappa shape index (κ2) is 7.80.